The summed E-state index contributed by atoms with van der Waals surface area (Å²) in [5.74, 6) is -0.221. The van der Waals surface area contributed by atoms with Crippen LogP contribution in [0.2, 0.25) is 0 Å². The standard InChI is InChI=1S/C22H22N4O3/c1-24(16-20(27)25-12-13-29-22(25)28)14-18-15-26(19-10-6-3-7-11-19)23-21(18)17-8-4-2-5-9-17/h2-11,15H,12-14,16H2,1H3/p+1. The van der Waals surface area contributed by atoms with Gasteiger partial charge in [-0.2, -0.15) is 5.10 Å². The van der Waals surface area contributed by atoms with Gasteiger partial charge in [0.25, 0.3) is 5.91 Å². The average Bonchev–Trinajstić information content (AvgIpc) is 3.35. The van der Waals surface area contributed by atoms with Crippen molar-refractivity contribution in [3.8, 4) is 16.9 Å². The molecule has 2 amide bonds. The lowest BCUT2D eigenvalue weighted by atomic mass is 10.1. The van der Waals surface area contributed by atoms with E-state index in [1.54, 1.807) is 0 Å². The van der Waals surface area contributed by atoms with Gasteiger partial charge in [0.15, 0.2) is 6.54 Å². The molecule has 2 heterocycles. The Hall–Kier alpha value is -3.45. The minimum atomic E-state index is -0.551. The number of carbonyl (C=O) groups excluding carboxylic acids is 2. The molecule has 4 rings (SSSR count). The maximum absolute atomic E-state index is 12.4. The highest BCUT2D eigenvalue weighted by Gasteiger charge is 2.30. The van der Waals surface area contributed by atoms with Crippen molar-refractivity contribution in [1.82, 2.24) is 14.7 Å². The van der Waals surface area contributed by atoms with E-state index in [1.807, 2.05) is 78.6 Å². The van der Waals surface area contributed by atoms with E-state index in [9.17, 15) is 9.59 Å². The van der Waals surface area contributed by atoms with Gasteiger partial charge >= 0.3 is 6.09 Å². The summed E-state index contributed by atoms with van der Waals surface area (Å²) in [6.45, 7) is 1.41. The SMILES string of the molecule is C[NH+](CC(=O)N1CCOC1=O)Cc1cn(-c2ccccc2)nc1-c1ccccc1. The highest BCUT2D eigenvalue weighted by Crippen LogP contribution is 2.23. The van der Waals surface area contributed by atoms with Crippen LogP contribution in [0.4, 0.5) is 4.79 Å². The van der Waals surface area contributed by atoms with Gasteiger partial charge < -0.3 is 9.64 Å². The predicted molar refractivity (Wildman–Crippen MR) is 108 cm³/mol. The van der Waals surface area contributed by atoms with E-state index in [0.29, 0.717) is 13.1 Å². The summed E-state index contributed by atoms with van der Waals surface area (Å²) in [7, 11) is 1.94. The molecule has 29 heavy (non-hydrogen) atoms. The van der Waals surface area contributed by atoms with E-state index in [-0.39, 0.29) is 19.1 Å². The third-order valence-electron chi connectivity index (χ3n) is 4.87. The number of aromatic nitrogens is 2. The minimum Gasteiger partial charge on any atom is -0.447 e. The molecule has 0 aliphatic carbocycles. The van der Waals surface area contributed by atoms with Gasteiger partial charge in [-0.15, -0.1) is 0 Å². The number of amides is 2. The molecule has 1 fully saturated rings. The van der Waals surface area contributed by atoms with Crippen LogP contribution in [0.5, 0.6) is 0 Å². The fourth-order valence-electron chi connectivity index (χ4n) is 3.45. The zero-order valence-electron chi connectivity index (χ0n) is 16.2. The zero-order valence-corrected chi connectivity index (χ0v) is 16.2. The Morgan fingerprint density at radius 1 is 1.10 bits per heavy atom. The first kappa shape index (κ1) is 18.9. The zero-order chi connectivity index (χ0) is 20.2. The molecule has 148 valence electrons. The molecule has 1 unspecified atom stereocenters. The number of benzene rings is 2. The van der Waals surface area contributed by atoms with E-state index in [1.165, 1.54) is 4.90 Å². The maximum atomic E-state index is 12.4. The van der Waals surface area contributed by atoms with Crippen molar-refractivity contribution in [3.63, 3.8) is 0 Å². The maximum Gasteiger partial charge on any atom is 0.416 e. The second kappa shape index (κ2) is 8.28. The third-order valence-corrected chi connectivity index (χ3v) is 4.87. The summed E-state index contributed by atoms with van der Waals surface area (Å²) >= 11 is 0. The lowest BCUT2D eigenvalue weighted by Gasteiger charge is -2.16. The molecule has 2 aromatic carbocycles. The Labute approximate surface area is 169 Å². The molecule has 1 aliphatic heterocycles. The molecule has 0 radical (unpaired) electrons. The van der Waals surface area contributed by atoms with Crippen LogP contribution in [0.25, 0.3) is 16.9 Å². The molecular weight excluding hydrogens is 368 g/mol. The normalized spacial score (nSPS) is 14.7. The fraction of sp³-hybridized carbons (Fsp3) is 0.227. The number of quaternary nitrogens is 1. The summed E-state index contributed by atoms with van der Waals surface area (Å²) in [4.78, 5) is 26.2. The molecule has 0 saturated carbocycles. The second-order valence-corrected chi connectivity index (χ2v) is 7.12. The first-order valence-electron chi connectivity index (χ1n) is 9.59. The quantitative estimate of drug-likeness (QED) is 0.692. The minimum absolute atomic E-state index is 0.208. The first-order valence-corrected chi connectivity index (χ1v) is 9.59. The Morgan fingerprint density at radius 3 is 2.45 bits per heavy atom. The predicted octanol–water partition coefficient (Wildman–Crippen LogP) is 1.53. The Morgan fingerprint density at radius 2 is 1.79 bits per heavy atom. The van der Waals surface area contributed by atoms with Crippen LogP contribution >= 0.6 is 0 Å². The highest BCUT2D eigenvalue weighted by atomic mass is 16.6. The molecule has 1 aliphatic rings. The van der Waals surface area contributed by atoms with Crippen molar-refractivity contribution in [3.05, 3.63) is 72.4 Å². The molecule has 7 heteroatoms. The van der Waals surface area contributed by atoms with E-state index in [4.69, 9.17) is 9.84 Å². The molecule has 1 aromatic heterocycles. The van der Waals surface area contributed by atoms with Gasteiger partial charge in [-0.05, 0) is 12.1 Å². The lowest BCUT2D eigenvalue weighted by Crippen LogP contribution is -3.08. The van der Waals surface area contributed by atoms with E-state index in [2.05, 4.69) is 0 Å². The van der Waals surface area contributed by atoms with Crippen molar-refractivity contribution >= 4 is 12.0 Å². The number of ether oxygens (including phenoxy) is 1. The van der Waals surface area contributed by atoms with Gasteiger partial charge in [-0.3, -0.25) is 4.79 Å². The number of cyclic esters (lactones) is 1. The number of hydrogen-bond donors (Lipinski definition) is 1. The van der Waals surface area contributed by atoms with Crippen LogP contribution in [-0.4, -0.2) is 53.4 Å². The topological polar surface area (TPSA) is 68.9 Å². The summed E-state index contributed by atoms with van der Waals surface area (Å²) in [6, 6.07) is 19.9. The van der Waals surface area contributed by atoms with Gasteiger partial charge in [0.05, 0.1) is 24.8 Å². The van der Waals surface area contributed by atoms with Gasteiger partial charge in [0, 0.05) is 11.8 Å². The second-order valence-electron chi connectivity index (χ2n) is 7.12. The number of nitrogens with zero attached hydrogens (tertiary/aromatic N) is 3. The largest absolute Gasteiger partial charge is 0.447 e. The Kier molecular flexibility index (Phi) is 5.39. The van der Waals surface area contributed by atoms with Crippen LogP contribution in [0.1, 0.15) is 5.56 Å². The van der Waals surface area contributed by atoms with Crippen LogP contribution in [0, 0.1) is 0 Å². The number of imide groups is 1. The van der Waals surface area contributed by atoms with E-state index >= 15 is 0 Å². The Bertz CT molecular complexity index is 1000. The number of hydrogen-bond acceptors (Lipinski definition) is 4. The van der Waals surface area contributed by atoms with Crippen molar-refractivity contribution < 1.29 is 19.2 Å². The summed E-state index contributed by atoms with van der Waals surface area (Å²) in [5, 5.41) is 4.81. The molecule has 1 atom stereocenters. The van der Waals surface area contributed by atoms with E-state index in [0.717, 1.165) is 27.4 Å². The fourth-order valence-corrected chi connectivity index (χ4v) is 3.45. The number of likely N-dealkylation sites (N-methyl/N-ethyl adjacent to an activating group) is 1. The summed E-state index contributed by atoms with van der Waals surface area (Å²) in [6.07, 6.45) is 1.46. The van der Waals surface area contributed by atoms with Crippen LogP contribution in [0.3, 0.4) is 0 Å². The number of nitrogens with one attached hydrogen (secondary N) is 1. The average molecular weight is 391 g/mol. The van der Waals surface area contributed by atoms with Crippen molar-refractivity contribution in [1.29, 1.82) is 0 Å². The molecule has 7 nitrogen and oxygen atoms in total. The van der Waals surface area contributed by atoms with Crippen LogP contribution < -0.4 is 4.90 Å². The van der Waals surface area contributed by atoms with Gasteiger partial charge in [0.1, 0.15) is 18.8 Å². The van der Waals surface area contributed by atoms with Crippen molar-refractivity contribution in [2.75, 3.05) is 26.7 Å². The van der Waals surface area contributed by atoms with Crippen LogP contribution in [-0.2, 0) is 16.1 Å². The van der Waals surface area contributed by atoms with E-state index < -0.39 is 6.09 Å². The van der Waals surface area contributed by atoms with Crippen molar-refractivity contribution in [2.24, 2.45) is 0 Å². The lowest BCUT2D eigenvalue weighted by molar-refractivity contribution is -0.885. The first-order chi connectivity index (χ1) is 14.1. The number of para-hydroxylation sites is 1. The summed E-state index contributed by atoms with van der Waals surface area (Å²) < 4.78 is 6.72. The molecule has 3 aromatic rings. The third kappa shape index (κ3) is 4.20. The molecule has 1 saturated heterocycles. The molecule has 0 spiro atoms. The van der Waals surface area contributed by atoms with Crippen molar-refractivity contribution in [2.45, 2.75) is 6.54 Å². The number of carbonyl (C=O) groups is 2. The smallest absolute Gasteiger partial charge is 0.416 e. The van der Waals surface area contributed by atoms with Gasteiger partial charge in [0.2, 0.25) is 0 Å². The number of rotatable bonds is 6. The summed E-state index contributed by atoms with van der Waals surface area (Å²) in [5.41, 5.74) is 3.93. The van der Waals surface area contributed by atoms with Gasteiger partial charge in [-0.25, -0.2) is 14.4 Å². The highest BCUT2D eigenvalue weighted by molar-refractivity contribution is 5.93. The monoisotopic (exact) mass is 391 g/mol. The Balaban J connectivity index is 1.57. The van der Waals surface area contributed by atoms with Crippen LogP contribution in [0.15, 0.2) is 66.9 Å². The molecular formula is C22H23N4O3+. The molecule has 1 N–H and O–H groups in total. The van der Waals surface area contributed by atoms with Gasteiger partial charge in [-0.1, -0.05) is 48.5 Å². The molecule has 0 bridgehead atoms.